The van der Waals surface area contributed by atoms with Crippen molar-refractivity contribution in [3.8, 4) is 0 Å². The Hall–Kier alpha value is -3.92. The number of carbonyl (C=O) groups is 2. The van der Waals surface area contributed by atoms with E-state index >= 15 is 0 Å². The molecule has 0 fully saturated rings. The summed E-state index contributed by atoms with van der Waals surface area (Å²) in [5.74, 6) is -1.69. The second-order valence-electron chi connectivity index (χ2n) is 9.38. The molecule has 0 radical (unpaired) electrons. The Balaban J connectivity index is 1.79. The molecule has 42 heavy (non-hydrogen) atoms. The van der Waals surface area contributed by atoms with Crippen LogP contribution < -0.4 is 9.62 Å². The van der Waals surface area contributed by atoms with Crippen molar-refractivity contribution in [1.29, 1.82) is 0 Å². The first-order valence-electron chi connectivity index (χ1n) is 12.9. The van der Waals surface area contributed by atoms with E-state index in [1.54, 1.807) is 30.3 Å². The summed E-state index contributed by atoms with van der Waals surface area (Å²) in [7, 11) is -2.81. The minimum absolute atomic E-state index is 0.0541. The van der Waals surface area contributed by atoms with Crippen molar-refractivity contribution in [3.05, 3.63) is 130 Å². The molecule has 0 bridgehead atoms. The molecule has 1 N–H and O–H groups in total. The molecule has 11 heteroatoms. The number of likely N-dealkylation sites (N-methyl/N-ethyl adjacent to an activating group) is 1. The van der Waals surface area contributed by atoms with E-state index < -0.39 is 40.2 Å². The lowest BCUT2D eigenvalue weighted by Crippen LogP contribution is -2.53. The lowest BCUT2D eigenvalue weighted by molar-refractivity contribution is -0.139. The number of halogens is 3. The molecule has 218 valence electrons. The molecule has 0 aromatic heterocycles. The second-order valence-corrected chi connectivity index (χ2v) is 12.1. The van der Waals surface area contributed by atoms with Crippen LogP contribution in [0, 0.1) is 5.82 Å². The Morgan fingerprint density at radius 3 is 2.10 bits per heavy atom. The van der Waals surface area contributed by atoms with E-state index in [-0.39, 0.29) is 28.6 Å². The minimum Gasteiger partial charge on any atom is -0.357 e. The van der Waals surface area contributed by atoms with Crippen LogP contribution in [0.15, 0.2) is 108 Å². The fraction of sp³-hybridized carbons (Fsp3) is 0.161. The van der Waals surface area contributed by atoms with E-state index in [0.29, 0.717) is 10.6 Å². The number of hydrogen-bond donors (Lipinski definition) is 1. The Labute approximate surface area is 254 Å². The average Bonchev–Trinajstić information content (AvgIpc) is 2.99. The van der Waals surface area contributed by atoms with Gasteiger partial charge in [-0.25, -0.2) is 12.8 Å². The van der Waals surface area contributed by atoms with Crippen LogP contribution in [0.5, 0.6) is 0 Å². The maximum absolute atomic E-state index is 14.2. The van der Waals surface area contributed by atoms with Crippen LogP contribution in [0.3, 0.4) is 0 Å². The third-order valence-electron chi connectivity index (χ3n) is 6.60. The summed E-state index contributed by atoms with van der Waals surface area (Å²) in [4.78, 5) is 28.7. The summed E-state index contributed by atoms with van der Waals surface area (Å²) >= 11 is 12.5. The van der Waals surface area contributed by atoms with Gasteiger partial charge in [0.1, 0.15) is 18.4 Å². The lowest BCUT2D eigenvalue weighted by Gasteiger charge is -2.33. The van der Waals surface area contributed by atoms with E-state index in [2.05, 4.69) is 5.32 Å². The van der Waals surface area contributed by atoms with Crippen molar-refractivity contribution in [3.63, 3.8) is 0 Å². The fourth-order valence-electron chi connectivity index (χ4n) is 4.41. The molecule has 0 aliphatic carbocycles. The first kappa shape index (κ1) is 31.0. The Kier molecular flexibility index (Phi) is 10.2. The number of amides is 2. The van der Waals surface area contributed by atoms with E-state index in [4.69, 9.17) is 23.2 Å². The van der Waals surface area contributed by atoms with Crippen LogP contribution in [0.25, 0.3) is 0 Å². The predicted molar refractivity (Wildman–Crippen MR) is 162 cm³/mol. The molecule has 0 spiro atoms. The van der Waals surface area contributed by atoms with Crippen molar-refractivity contribution >= 4 is 50.7 Å². The number of rotatable bonds is 11. The van der Waals surface area contributed by atoms with Gasteiger partial charge in [0.25, 0.3) is 10.0 Å². The van der Waals surface area contributed by atoms with Gasteiger partial charge < -0.3 is 10.2 Å². The predicted octanol–water partition coefficient (Wildman–Crippen LogP) is 5.71. The smallest absolute Gasteiger partial charge is 0.264 e. The molecule has 0 heterocycles. The van der Waals surface area contributed by atoms with Crippen LogP contribution in [0.4, 0.5) is 10.1 Å². The van der Waals surface area contributed by atoms with Gasteiger partial charge in [-0.3, -0.25) is 13.9 Å². The molecule has 0 unspecified atom stereocenters. The van der Waals surface area contributed by atoms with E-state index in [9.17, 15) is 22.4 Å². The van der Waals surface area contributed by atoms with Gasteiger partial charge in [0.05, 0.1) is 10.6 Å². The molecule has 4 aromatic rings. The summed E-state index contributed by atoms with van der Waals surface area (Å²) in [6.07, 6.45) is 0.152. The summed E-state index contributed by atoms with van der Waals surface area (Å²) < 4.78 is 42.4. The highest BCUT2D eigenvalue weighted by Gasteiger charge is 2.34. The normalized spacial score (nSPS) is 11.9. The first-order chi connectivity index (χ1) is 20.1. The Morgan fingerprint density at radius 2 is 1.50 bits per heavy atom. The number of carbonyl (C=O) groups excluding carboxylic acids is 2. The fourth-order valence-corrected chi connectivity index (χ4v) is 6.31. The SMILES string of the molecule is CNC(=O)[C@H](Cc1ccccc1)N(Cc1ccc(Cl)cc1Cl)C(=O)CN(c1ccc(F)cc1)S(=O)(=O)c1ccccc1. The lowest BCUT2D eigenvalue weighted by atomic mass is 10.0. The zero-order valence-corrected chi connectivity index (χ0v) is 24.9. The molecular weight excluding hydrogens is 600 g/mol. The molecule has 7 nitrogen and oxygen atoms in total. The van der Waals surface area contributed by atoms with Crippen molar-refractivity contribution in [2.24, 2.45) is 0 Å². The molecule has 2 amide bonds. The van der Waals surface area contributed by atoms with E-state index in [0.717, 1.165) is 22.0 Å². The van der Waals surface area contributed by atoms with Gasteiger partial charge in [-0.2, -0.15) is 0 Å². The zero-order valence-electron chi connectivity index (χ0n) is 22.6. The first-order valence-corrected chi connectivity index (χ1v) is 15.1. The molecule has 1 atom stereocenters. The quantitative estimate of drug-likeness (QED) is 0.231. The third kappa shape index (κ3) is 7.47. The van der Waals surface area contributed by atoms with Gasteiger partial charge in [-0.05, 0) is 59.7 Å². The van der Waals surface area contributed by atoms with Crippen molar-refractivity contribution < 1.29 is 22.4 Å². The number of benzene rings is 4. The van der Waals surface area contributed by atoms with Gasteiger partial charge in [-0.1, -0.05) is 77.8 Å². The summed E-state index contributed by atoms with van der Waals surface area (Å²) in [5, 5.41) is 3.29. The summed E-state index contributed by atoms with van der Waals surface area (Å²) in [6.45, 7) is -0.779. The van der Waals surface area contributed by atoms with Crippen LogP contribution in [-0.4, -0.2) is 44.8 Å². The molecule has 0 saturated heterocycles. The maximum Gasteiger partial charge on any atom is 0.264 e. The van der Waals surface area contributed by atoms with Gasteiger partial charge in [0.2, 0.25) is 11.8 Å². The molecule has 0 saturated carbocycles. The van der Waals surface area contributed by atoms with Gasteiger partial charge in [0, 0.05) is 30.1 Å². The number of nitrogens with zero attached hydrogens (tertiary/aromatic N) is 2. The number of nitrogens with one attached hydrogen (secondary N) is 1. The number of anilines is 1. The second kappa shape index (κ2) is 13.8. The van der Waals surface area contributed by atoms with Crippen molar-refractivity contribution in [2.75, 3.05) is 17.9 Å². The molecular formula is C31H28Cl2FN3O4S. The van der Waals surface area contributed by atoms with Crippen molar-refractivity contribution in [2.45, 2.75) is 23.9 Å². The highest BCUT2D eigenvalue weighted by atomic mass is 35.5. The minimum atomic E-state index is -4.27. The summed E-state index contributed by atoms with van der Waals surface area (Å²) in [5.41, 5.74) is 1.38. The van der Waals surface area contributed by atoms with Crippen LogP contribution in [0.1, 0.15) is 11.1 Å². The number of sulfonamides is 1. The van der Waals surface area contributed by atoms with E-state index in [1.807, 2.05) is 30.3 Å². The van der Waals surface area contributed by atoms with Gasteiger partial charge in [-0.15, -0.1) is 0 Å². The topological polar surface area (TPSA) is 86.8 Å². The largest absolute Gasteiger partial charge is 0.357 e. The van der Waals surface area contributed by atoms with Crippen LogP contribution in [0.2, 0.25) is 10.0 Å². The third-order valence-corrected chi connectivity index (χ3v) is 8.97. The maximum atomic E-state index is 14.2. The van der Waals surface area contributed by atoms with Gasteiger partial charge >= 0.3 is 0 Å². The molecule has 4 aromatic carbocycles. The highest BCUT2D eigenvalue weighted by molar-refractivity contribution is 7.92. The highest BCUT2D eigenvalue weighted by Crippen LogP contribution is 2.27. The van der Waals surface area contributed by atoms with E-state index in [1.165, 1.54) is 42.3 Å². The number of hydrogen-bond acceptors (Lipinski definition) is 4. The average molecular weight is 629 g/mol. The Bertz CT molecular complexity index is 1640. The summed E-state index contributed by atoms with van der Waals surface area (Å²) in [6, 6.07) is 25.3. The van der Waals surface area contributed by atoms with Crippen molar-refractivity contribution in [1.82, 2.24) is 10.2 Å². The molecule has 4 rings (SSSR count). The molecule has 0 aliphatic heterocycles. The zero-order chi connectivity index (χ0) is 30.3. The standard InChI is InChI=1S/C31H28Cl2FN3O4S/c1-35-31(39)29(18-22-8-4-2-5-9-22)36(20-23-12-13-24(32)19-28(23)33)30(38)21-37(26-16-14-25(34)15-17-26)42(40,41)27-10-6-3-7-11-27/h2-17,19,29H,18,20-21H2,1H3,(H,35,39)/t29-/m0/s1. The van der Waals surface area contributed by atoms with Crippen LogP contribution in [-0.2, 0) is 32.6 Å². The van der Waals surface area contributed by atoms with Gasteiger partial charge in [0.15, 0.2) is 0 Å². The van der Waals surface area contributed by atoms with Crippen LogP contribution >= 0.6 is 23.2 Å². The molecule has 0 aliphatic rings. The Morgan fingerprint density at radius 1 is 0.881 bits per heavy atom. The monoisotopic (exact) mass is 627 g/mol.